The van der Waals surface area contributed by atoms with E-state index in [0.717, 1.165) is 5.56 Å². The number of benzene rings is 2. The Balaban J connectivity index is 1.64. The number of hydrogen-bond donors (Lipinski definition) is 1. The van der Waals surface area contributed by atoms with Gasteiger partial charge in [-0.25, -0.2) is 10.2 Å². The molecule has 0 saturated heterocycles. The lowest BCUT2D eigenvalue weighted by Crippen LogP contribution is -2.18. The van der Waals surface area contributed by atoms with Crippen LogP contribution in [0.25, 0.3) is 11.3 Å². The van der Waals surface area contributed by atoms with Crippen LogP contribution in [0.4, 0.5) is 0 Å². The number of amides is 1. The van der Waals surface area contributed by atoms with Crippen LogP contribution in [-0.2, 0) is 4.74 Å². The van der Waals surface area contributed by atoms with E-state index in [1.54, 1.807) is 61.5 Å². The minimum atomic E-state index is -0.433. The van der Waals surface area contributed by atoms with Crippen LogP contribution in [0.3, 0.4) is 0 Å². The van der Waals surface area contributed by atoms with Crippen LogP contribution in [0.2, 0.25) is 0 Å². The molecule has 1 N–H and O–H groups in total. The van der Waals surface area contributed by atoms with Gasteiger partial charge >= 0.3 is 5.97 Å². The smallest absolute Gasteiger partial charge is 0.338 e. The molecule has 1 heterocycles. The van der Waals surface area contributed by atoms with Gasteiger partial charge in [0.2, 0.25) is 0 Å². The molecule has 0 saturated carbocycles. The van der Waals surface area contributed by atoms with Gasteiger partial charge in [-0.1, -0.05) is 12.1 Å². The van der Waals surface area contributed by atoms with Gasteiger partial charge < -0.3 is 18.6 Å². The number of nitrogens with one attached hydrogen (secondary N) is 1. The Labute approximate surface area is 179 Å². The van der Waals surface area contributed by atoms with Crippen LogP contribution in [0.1, 0.15) is 33.4 Å². The summed E-state index contributed by atoms with van der Waals surface area (Å²) < 4.78 is 21.0. The lowest BCUT2D eigenvalue weighted by atomic mass is 10.1. The van der Waals surface area contributed by atoms with E-state index < -0.39 is 5.91 Å². The zero-order valence-corrected chi connectivity index (χ0v) is 17.4. The number of furan rings is 1. The number of esters is 1. The minimum Gasteiger partial charge on any atom is -0.497 e. The first-order valence-corrected chi connectivity index (χ1v) is 9.48. The van der Waals surface area contributed by atoms with Gasteiger partial charge in [0.1, 0.15) is 23.0 Å². The van der Waals surface area contributed by atoms with Gasteiger partial charge in [-0.15, -0.1) is 0 Å². The molecule has 160 valence electrons. The van der Waals surface area contributed by atoms with Crippen molar-refractivity contribution in [3.63, 3.8) is 0 Å². The molecule has 1 amide bonds. The predicted octanol–water partition coefficient (Wildman–Crippen LogP) is 3.90. The lowest BCUT2D eigenvalue weighted by molar-refractivity contribution is 0.0526. The summed E-state index contributed by atoms with van der Waals surface area (Å²) >= 11 is 0. The normalized spacial score (nSPS) is 10.7. The van der Waals surface area contributed by atoms with E-state index in [4.69, 9.17) is 18.6 Å². The highest BCUT2D eigenvalue weighted by atomic mass is 16.5. The number of hydrazone groups is 1. The Morgan fingerprint density at radius 1 is 1.03 bits per heavy atom. The number of carbonyl (C=O) groups is 2. The fourth-order valence-corrected chi connectivity index (χ4v) is 2.76. The second-order valence-electron chi connectivity index (χ2n) is 6.27. The van der Waals surface area contributed by atoms with Crippen LogP contribution in [0.15, 0.2) is 64.1 Å². The zero-order chi connectivity index (χ0) is 22.2. The third-order valence-corrected chi connectivity index (χ3v) is 4.32. The van der Waals surface area contributed by atoms with Crippen LogP contribution >= 0.6 is 0 Å². The molecule has 0 unspecified atom stereocenters. The zero-order valence-electron chi connectivity index (χ0n) is 17.4. The van der Waals surface area contributed by atoms with Crippen molar-refractivity contribution in [2.45, 2.75) is 6.92 Å². The highest BCUT2D eigenvalue weighted by molar-refractivity contribution is 5.97. The molecule has 0 fully saturated rings. The van der Waals surface area contributed by atoms with Gasteiger partial charge in [0, 0.05) is 11.6 Å². The summed E-state index contributed by atoms with van der Waals surface area (Å²) in [6.45, 7) is 2.08. The number of nitrogens with zero attached hydrogens (tertiary/aromatic N) is 1. The fraction of sp³-hybridized carbons (Fsp3) is 0.174. The molecule has 0 aliphatic rings. The maximum atomic E-state index is 12.4. The highest BCUT2D eigenvalue weighted by Crippen LogP contribution is 2.25. The third-order valence-electron chi connectivity index (χ3n) is 4.32. The predicted molar refractivity (Wildman–Crippen MR) is 115 cm³/mol. The van der Waals surface area contributed by atoms with Gasteiger partial charge in [-0.05, 0) is 43.3 Å². The molecule has 8 heteroatoms. The standard InChI is InChI=1S/C23H22N2O6/c1-4-30-23(27)16-7-5-15(6-8-16)20-12-10-18(31-20)14-24-25-22(26)19-11-9-17(28-2)13-21(19)29-3/h5-14H,4H2,1-3H3,(H,25,26). The Morgan fingerprint density at radius 2 is 1.81 bits per heavy atom. The first kappa shape index (κ1) is 21.6. The van der Waals surface area contributed by atoms with Gasteiger partial charge in [0.15, 0.2) is 0 Å². The molecule has 0 aliphatic carbocycles. The van der Waals surface area contributed by atoms with E-state index >= 15 is 0 Å². The molecule has 0 aliphatic heterocycles. The average molecular weight is 422 g/mol. The molecule has 0 spiro atoms. The molecule has 1 aromatic heterocycles. The summed E-state index contributed by atoms with van der Waals surface area (Å²) in [6, 6.07) is 15.2. The largest absolute Gasteiger partial charge is 0.497 e. The van der Waals surface area contributed by atoms with Crippen molar-refractivity contribution in [2.24, 2.45) is 5.10 Å². The number of rotatable bonds is 8. The maximum Gasteiger partial charge on any atom is 0.338 e. The molecule has 3 rings (SSSR count). The Hall–Kier alpha value is -4.07. The van der Waals surface area contributed by atoms with Crippen molar-refractivity contribution in [3.05, 3.63) is 71.5 Å². The topological polar surface area (TPSA) is 99.4 Å². The van der Waals surface area contributed by atoms with Crippen LogP contribution in [0.5, 0.6) is 11.5 Å². The van der Waals surface area contributed by atoms with E-state index in [-0.39, 0.29) is 5.97 Å². The SMILES string of the molecule is CCOC(=O)c1ccc(-c2ccc(C=NNC(=O)c3ccc(OC)cc3OC)o2)cc1. The summed E-state index contributed by atoms with van der Waals surface area (Å²) in [5.41, 5.74) is 4.02. The lowest BCUT2D eigenvalue weighted by Gasteiger charge is -2.08. The molecule has 0 atom stereocenters. The molecule has 2 aromatic carbocycles. The van der Waals surface area contributed by atoms with Crippen molar-refractivity contribution >= 4 is 18.1 Å². The first-order chi connectivity index (χ1) is 15.0. The molecular weight excluding hydrogens is 400 g/mol. The van der Waals surface area contributed by atoms with E-state index in [1.165, 1.54) is 20.4 Å². The van der Waals surface area contributed by atoms with Crippen molar-refractivity contribution in [1.82, 2.24) is 5.43 Å². The number of methoxy groups -OCH3 is 2. The number of ether oxygens (including phenoxy) is 3. The molecule has 3 aromatic rings. The van der Waals surface area contributed by atoms with E-state index in [9.17, 15) is 9.59 Å². The highest BCUT2D eigenvalue weighted by Gasteiger charge is 2.13. The van der Waals surface area contributed by atoms with E-state index in [2.05, 4.69) is 10.5 Å². The molecule has 8 nitrogen and oxygen atoms in total. The Morgan fingerprint density at radius 3 is 2.48 bits per heavy atom. The van der Waals surface area contributed by atoms with Crippen LogP contribution < -0.4 is 14.9 Å². The van der Waals surface area contributed by atoms with Gasteiger partial charge in [0.05, 0.1) is 38.2 Å². The van der Waals surface area contributed by atoms with Crippen molar-refractivity contribution in [2.75, 3.05) is 20.8 Å². The summed E-state index contributed by atoms with van der Waals surface area (Å²) in [6.07, 6.45) is 1.39. The van der Waals surface area contributed by atoms with E-state index in [0.29, 0.717) is 40.8 Å². The summed E-state index contributed by atoms with van der Waals surface area (Å²) in [4.78, 5) is 24.1. The fourth-order valence-electron chi connectivity index (χ4n) is 2.76. The number of carbonyl (C=O) groups excluding carboxylic acids is 2. The summed E-state index contributed by atoms with van der Waals surface area (Å²) in [7, 11) is 3.00. The summed E-state index contributed by atoms with van der Waals surface area (Å²) in [5, 5.41) is 3.93. The number of hydrogen-bond acceptors (Lipinski definition) is 7. The average Bonchev–Trinajstić information content (AvgIpc) is 3.27. The monoisotopic (exact) mass is 422 g/mol. The van der Waals surface area contributed by atoms with Gasteiger partial charge in [-0.3, -0.25) is 4.79 Å². The van der Waals surface area contributed by atoms with Gasteiger partial charge in [-0.2, -0.15) is 5.10 Å². The first-order valence-electron chi connectivity index (χ1n) is 9.48. The van der Waals surface area contributed by atoms with E-state index in [1.807, 2.05) is 0 Å². The molecule has 31 heavy (non-hydrogen) atoms. The second kappa shape index (κ2) is 10.1. The molecule has 0 radical (unpaired) electrons. The Bertz CT molecular complexity index is 1090. The molecule has 0 bridgehead atoms. The van der Waals surface area contributed by atoms with Crippen molar-refractivity contribution in [1.29, 1.82) is 0 Å². The third kappa shape index (κ3) is 5.30. The van der Waals surface area contributed by atoms with Gasteiger partial charge in [0.25, 0.3) is 5.91 Å². The Kier molecular flexibility index (Phi) is 7.05. The summed E-state index contributed by atoms with van der Waals surface area (Å²) in [5.74, 6) is 1.20. The van der Waals surface area contributed by atoms with Crippen molar-refractivity contribution in [3.8, 4) is 22.8 Å². The van der Waals surface area contributed by atoms with Crippen LogP contribution in [0, 0.1) is 0 Å². The minimum absolute atomic E-state index is 0.322. The second-order valence-corrected chi connectivity index (χ2v) is 6.27. The maximum absolute atomic E-state index is 12.4. The van der Waals surface area contributed by atoms with Crippen molar-refractivity contribution < 1.29 is 28.2 Å². The quantitative estimate of drug-likeness (QED) is 0.336. The van der Waals surface area contributed by atoms with Crippen LogP contribution in [-0.4, -0.2) is 38.9 Å². The molecular formula is C23H22N2O6.